The smallest absolute Gasteiger partial charge is 0.410 e. The first kappa shape index (κ1) is 39.1. The minimum Gasteiger partial charge on any atom is -0.496 e. The van der Waals surface area contributed by atoms with Gasteiger partial charge in [-0.3, -0.25) is 4.79 Å². The zero-order valence-electron chi connectivity index (χ0n) is 30.2. The van der Waals surface area contributed by atoms with E-state index in [4.69, 9.17) is 19.3 Å². The third-order valence-corrected chi connectivity index (χ3v) is 8.03. The van der Waals surface area contributed by atoms with Gasteiger partial charge < -0.3 is 34.9 Å². The average Bonchev–Trinajstić information content (AvgIpc) is 3.13. The molecule has 0 aliphatic carbocycles. The molecule has 0 fully saturated rings. The Morgan fingerprint density at radius 3 is 1.94 bits per heavy atom. The van der Waals surface area contributed by atoms with Crippen molar-refractivity contribution in [1.82, 2.24) is 10.2 Å². The normalized spacial score (nSPS) is 14.5. The molecule has 0 bridgehead atoms. The topological polar surface area (TPSA) is 126 Å². The molecule has 0 saturated carbocycles. The summed E-state index contributed by atoms with van der Waals surface area (Å²) in [6.07, 6.45) is 11.3. The zero-order chi connectivity index (χ0) is 37.7. The monoisotopic (exact) mass is 711 g/mol. The molecule has 0 atom stereocenters. The van der Waals surface area contributed by atoms with Gasteiger partial charge in [0.1, 0.15) is 22.9 Å². The van der Waals surface area contributed by atoms with E-state index in [9.17, 15) is 18.8 Å². The molecule has 0 aromatic heterocycles. The fourth-order valence-corrected chi connectivity index (χ4v) is 5.48. The van der Waals surface area contributed by atoms with Gasteiger partial charge in [-0.2, -0.15) is 0 Å². The number of nitrogens with zero attached hydrogens (tertiary/aromatic N) is 1. The average molecular weight is 712 g/mol. The van der Waals surface area contributed by atoms with Crippen molar-refractivity contribution in [3.05, 3.63) is 113 Å². The number of carboxylic acids is 1. The van der Waals surface area contributed by atoms with Crippen LogP contribution in [0.2, 0.25) is 0 Å². The van der Waals surface area contributed by atoms with Crippen LogP contribution in [0, 0.1) is 5.82 Å². The largest absolute Gasteiger partial charge is 0.496 e. The first-order chi connectivity index (χ1) is 24.8. The fraction of sp³-hybridized carbons (Fsp3) is 0.293. The van der Waals surface area contributed by atoms with Gasteiger partial charge in [-0.05, 0) is 111 Å². The summed E-state index contributed by atoms with van der Waals surface area (Å²) in [4.78, 5) is 36.5. The summed E-state index contributed by atoms with van der Waals surface area (Å²) in [5.74, 6) is -0.144. The molecule has 274 valence electrons. The summed E-state index contributed by atoms with van der Waals surface area (Å²) < 4.78 is 29.3. The molecule has 0 unspecified atom stereocenters. The molecule has 3 aromatic rings. The molecule has 2 aliphatic heterocycles. The highest BCUT2D eigenvalue weighted by molar-refractivity contribution is 6.02. The lowest BCUT2D eigenvalue weighted by Gasteiger charge is -2.30. The Balaban J connectivity index is 0.000000233. The number of ether oxygens (including phenoxy) is 3. The summed E-state index contributed by atoms with van der Waals surface area (Å²) in [5, 5.41) is 14.7. The molecule has 0 saturated heterocycles. The van der Waals surface area contributed by atoms with Crippen molar-refractivity contribution in [3.8, 4) is 11.5 Å². The van der Waals surface area contributed by atoms with Crippen LogP contribution in [0.3, 0.4) is 0 Å². The van der Waals surface area contributed by atoms with E-state index < -0.39 is 11.6 Å². The Bertz CT molecular complexity index is 1860. The summed E-state index contributed by atoms with van der Waals surface area (Å²) in [7, 11) is 3.23. The maximum atomic E-state index is 12.9. The second kappa shape index (κ2) is 18.5. The van der Waals surface area contributed by atoms with Crippen LogP contribution in [0.15, 0.2) is 85.0 Å². The minimum absolute atomic E-state index is 0.277. The van der Waals surface area contributed by atoms with Crippen molar-refractivity contribution >= 4 is 47.0 Å². The number of rotatable bonds is 9. The lowest BCUT2D eigenvalue weighted by atomic mass is 9.97. The van der Waals surface area contributed by atoms with Gasteiger partial charge in [0, 0.05) is 48.6 Å². The van der Waals surface area contributed by atoms with Crippen molar-refractivity contribution in [2.45, 2.75) is 39.2 Å². The quantitative estimate of drug-likeness (QED) is 0.193. The summed E-state index contributed by atoms with van der Waals surface area (Å²) in [6, 6.07) is 17.1. The van der Waals surface area contributed by atoms with Crippen LogP contribution in [0.5, 0.6) is 11.5 Å². The lowest BCUT2D eigenvalue weighted by Crippen LogP contribution is -2.39. The Morgan fingerprint density at radius 2 is 1.44 bits per heavy atom. The number of carbonyl (C=O) groups is 3. The van der Waals surface area contributed by atoms with Gasteiger partial charge >= 0.3 is 12.1 Å². The van der Waals surface area contributed by atoms with E-state index in [-0.39, 0.29) is 17.8 Å². The number of nitrogens with one attached hydrogen (secondary N) is 2. The van der Waals surface area contributed by atoms with Gasteiger partial charge in [-0.15, -0.1) is 0 Å². The number of anilines is 1. The lowest BCUT2D eigenvalue weighted by molar-refractivity contribution is -0.131. The maximum absolute atomic E-state index is 12.9. The van der Waals surface area contributed by atoms with Crippen LogP contribution in [0.4, 0.5) is 14.9 Å². The highest BCUT2D eigenvalue weighted by atomic mass is 19.1. The molecule has 2 heterocycles. The highest BCUT2D eigenvalue weighted by Crippen LogP contribution is 2.32. The molecule has 0 radical (unpaired) electrons. The van der Waals surface area contributed by atoms with E-state index in [0.29, 0.717) is 30.9 Å². The predicted molar refractivity (Wildman–Crippen MR) is 203 cm³/mol. The first-order valence-electron chi connectivity index (χ1n) is 16.9. The Hall–Kier alpha value is -5.68. The molecule has 10 nitrogen and oxygen atoms in total. The van der Waals surface area contributed by atoms with Gasteiger partial charge in [0.2, 0.25) is 5.91 Å². The minimum atomic E-state index is -0.995. The SMILES string of the molecule is COc1cc(/C=C/C(=O)Nc2ccc(F)cc2)ccc1C1=CCNCC1.COc1cc(/C=C/C(=O)O)ccc1C1=CCN(C(=O)OC(C)(C)C)CC1. The highest BCUT2D eigenvalue weighted by Gasteiger charge is 2.24. The molecule has 2 aliphatic rings. The third-order valence-electron chi connectivity index (χ3n) is 8.03. The van der Waals surface area contributed by atoms with Crippen LogP contribution in [-0.4, -0.2) is 74.0 Å². The molecule has 5 rings (SSSR count). The number of hydrogen-bond donors (Lipinski definition) is 3. The molecular formula is C41H46FN3O7. The number of halogens is 1. The van der Waals surface area contributed by atoms with Gasteiger partial charge in [0.05, 0.1) is 14.2 Å². The summed E-state index contributed by atoms with van der Waals surface area (Å²) in [6.45, 7) is 8.42. The molecule has 52 heavy (non-hydrogen) atoms. The summed E-state index contributed by atoms with van der Waals surface area (Å²) in [5.41, 5.74) is 6.05. The van der Waals surface area contributed by atoms with Crippen molar-refractivity contribution in [3.63, 3.8) is 0 Å². The van der Waals surface area contributed by atoms with E-state index in [1.54, 1.807) is 31.3 Å². The van der Waals surface area contributed by atoms with Gasteiger partial charge in [0.25, 0.3) is 0 Å². The predicted octanol–water partition coefficient (Wildman–Crippen LogP) is 7.68. The van der Waals surface area contributed by atoms with Crippen molar-refractivity contribution in [2.24, 2.45) is 0 Å². The second-order valence-electron chi connectivity index (χ2n) is 13.0. The fourth-order valence-electron chi connectivity index (χ4n) is 5.48. The zero-order valence-corrected chi connectivity index (χ0v) is 30.2. The molecular weight excluding hydrogens is 665 g/mol. The van der Waals surface area contributed by atoms with Crippen molar-refractivity contribution in [1.29, 1.82) is 0 Å². The Kier molecular flexibility index (Phi) is 13.9. The van der Waals surface area contributed by atoms with E-state index in [2.05, 4.69) is 16.7 Å². The number of carboxylic acid groups (broad SMARTS) is 1. The number of aliphatic carboxylic acids is 1. The van der Waals surface area contributed by atoms with E-state index in [1.807, 2.05) is 57.2 Å². The standard InChI is InChI=1S/C21H21FN2O2.C20H25NO5/c1-26-20-14-15(2-8-19(20)16-10-12-23-13-11-16)3-9-21(25)24-18-6-4-17(22)5-7-18;1-20(2,3)26-19(24)21-11-9-15(10-12-21)16-7-5-14(6-8-18(22)23)13-17(16)25-4/h2-10,14,23H,11-13H2,1H3,(H,24,25);5-9,13H,10-12H2,1-4H3,(H,22,23)/b9-3+;8-6+. The molecule has 0 spiro atoms. The van der Waals surface area contributed by atoms with Crippen LogP contribution in [0.25, 0.3) is 23.3 Å². The number of carbonyl (C=O) groups excluding carboxylic acids is 2. The second-order valence-corrected chi connectivity index (χ2v) is 13.0. The van der Waals surface area contributed by atoms with Crippen LogP contribution in [0.1, 0.15) is 55.9 Å². The Labute approximate surface area is 304 Å². The molecule has 11 heteroatoms. The first-order valence-corrected chi connectivity index (χ1v) is 16.9. The third kappa shape index (κ3) is 12.0. The van der Waals surface area contributed by atoms with E-state index in [1.165, 1.54) is 42.0 Å². The molecule has 3 aromatic carbocycles. The van der Waals surface area contributed by atoms with Gasteiger partial charge in [0.15, 0.2) is 0 Å². The number of amides is 2. The van der Waals surface area contributed by atoms with Gasteiger partial charge in [-0.25, -0.2) is 14.0 Å². The molecule has 2 amide bonds. The van der Waals surface area contributed by atoms with E-state index in [0.717, 1.165) is 59.2 Å². The Morgan fingerprint density at radius 1 is 0.846 bits per heavy atom. The van der Waals surface area contributed by atoms with Crippen LogP contribution in [-0.2, 0) is 14.3 Å². The van der Waals surface area contributed by atoms with Crippen LogP contribution >= 0.6 is 0 Å². The van der Waals surface area contributed by atoms with Gasteiger partial charge in [-0.1, -0.05) is 36.4 Å². The molecule has 3 N–H and O–H groups in total. The summed E-state index contributed by atoms with van der Waals surface area (Å²) >= 11 is 0. The van der Waals surface area contributed by atoms with E-state index >= 15 is 0 Å². The number of hydrogen-bond acceptors (Lipinski definition) is 7. The maximum Gasteiger partial charge on any atom is 0.410 e. The van der Waals surface area contributed by atoms with Crippen LogP contribution < -0.4 is 20.1 Å². The van der Waals surface area contributed by atoms with Crippen molar-refractivity contribution in [2.75, 3.05) is 45.7 Å². The van der Waals surface area contributed by atoms with Crippen molar-refractivity contribution < 1.29 is 38.1 Å². The number of benzene rings is 3. The number of methoxy groups -OCH3 is 2.